The fourth-order valence-corrected chi connectivity index (χ4v) is 5.62. The molecule has 21 heteroatoms. The Morgan fingerprint density at radius 3 is 1.30 bits per heavy atom. The topological polar surface area (TPSA) is 319 Å². The smallest absolute Gasteiger partial charge is 0.298 e. The molecule has 0 saturated heterocycles. The average molecular weight is 884 g/mol. The van der Waals surface area contributed by atoms with E-state index in [4.69, 9.17) is 41.7 Å². The lowest BCUT2D eigenvalue weighted by molar-refractivity contribution is 0.111. The molecule has 4 aromatic rings. The molecular formula is C33H36BrClO17S2. The normalized spacial score (nSPS) is 10.2. The van der Waals surface area contributed by atoms with Crippen LogP contribution in [0, 0.1) is 13.8 Å². The van der Waals surface area contributed by atoms with Crippen molar-refractivity contribution in [2.45, 2.75) is 38.5 Å². The number of phenols is 8. The van der Waals surface area contributed by atoms with Gasteiger partial charge in [0, 0.05) is 28.5 Å². The summed E-state index contributed by atoms with van der Waals surface area (Å²) in [5, 5.41) is 73.0. The number of phenolic OH excluding ortho intramolecular Hbond substituents is 8. The third kappa shape index (κ3) is 12.9. The van der Waals surface area contributed by atoms with Gasteiger partial charge in [0.1, 0.15) is 22.4 Å². The molecule has 0 unspecified atom stereocenters. The molecule has 4 aromatic carbocycles. The molecule has 0 aliphatic carbocycles. The van der Waals surface area contributed by atoms with Gasteiger partial charge in [-0.2, -0.15) is 8.42 Å². The summed E-state index contributed by atoms with van der Waals surface area (Å²) < 4.78 is 52.3. The minimum Gasteiger partial charge on any atom is -0.504 e. The largest absolute Gasteiger partial charge is 0.504 e. The summed E-state index contributed by atoms with van der Waals surface area (Å²) in [6, 6.07) is 6.50. The Morgan fingerprint density at radius 1 is 0.556 bits per heavy atom. The lowest BCUT2D eigenvalue weighted by atomic mass is 10.1. The Bertz CT molecular complexity index is 2100. The Hall–Kier alpha value is -5.41. The van der Waals surface area contributed by atoms with Crippen LogP contribution in [0.25, 0.3) is 0 Å². The first-order chi connectivity index (χ1) is 23.9. The molecule has 9 N–H and O–H groups in total. The van der Waals surface area contributed by atoms with Crippen molar-refractivity contribution in [3.8, 4) is 46.0 Å². The monoisotopic (exact) mass is 882 g/mol. The summed E-state index contributed by atoms with van der Waals surface area (Å²) in [4.78, 5) is 40.1. The number of sulfone groups is 1. The number of hydrogen-bond acceptors (Lipinski definition) is 16. The zero-order chi connectivity index (χ0) is 40.5. The summed E-state index contributed by atoms with van der Waals surface area (Å²) in [6.07, 6.45) is 2.66. The highest BCUT2D eigenvalue weighted by atomic mass is 79.9. The highest BCUT2D eigenvalue weighted by Gasteiger charge is 2.20. The van der Waals surface area contributed by atoms with Gasteiger partial charge >= 0.3 is 0 Å². The molecular weight excluding hydrogens is 848 g/mol. The Morgan fingerprint density at radius 2 is 0.926 bits per heavy atom. The molecule has 54 heavy (non-hydrogen) atoms. The number of carbonyl (C=O) groups excluding carboxylic acids is 4. The van der Waals surface area contributed by atoms with E-state index in [1.807, 2.05) is 0 Å². The van der Waals surface area contributed by atoms with E-state index in [1.54, 1.807) is 13.8 Å². The van der Waals surface area contributed by atoms with E-state index in [1.165, 1.54) is 12.1 Å². The zero-order valence-electron chi connectivity index (χ0n) is 26.6. The number of carbonyl (C=O) groups is 4. The van der Waals surface area contributed by atoms with Gasteiger partial charge in [0.25, 0.3) is 10.1 Å². The zero-order valence-corrected chi connectivity index (χ0v) is 30.6. The lowest BCUT2D eigenvalue weighted by Crippen LogP contribution is -1.99. The predicted molar refractivity (Wildman–Crippen MR) is 199 cm³/mol. The third-order valence-electron chi connectivity index (χ3n) is 6.22. The molecule has 0 fully saturated rings. The molecule has 0 atom stereocenters. The maximum Gasteiger partial charge on any atom is 0.298 e. The molecule has 4 rings (SSSR count). The van der Waals surface area contributed by atoms with Crippen molar-refractivity contribution in [3.63, 3.8) is 0 Å². The summed E-state index contributed by atoms with van der Waals surface area (Å²) in [6.45, 7) is 3.17. The van der Waals surface area contributed by atoms with Gasteiger partial charge in [-0.05, 0) is 77.3 Å². The molecule has 17 nitrogen and oxygen atoms in total. The highest BCUT2D eigenvalue weighted by Crippen LogP contribution is 2.39. The van der Waals surface area contributed by atoms with Crippen LogP contribution in [0.4, 0.5) is 0 Å². The van der Waals surface area contributed by atoms with E-state index < -0.39 is 58.5 Å². The van der Waals surface area contributed by atoms with Crippen LogP contribution in [0.5, 0.6) is 46.0 Å². The van der Waals surface area contributed by atoms with Crippen molar-refractivity contribution in [1.29, 1.82) is 0 Å². The molecule has 0 heterocycles. The number of halogens is 2. The van der Waals surface area contributed by atoms with E-state index in [-0.39, 0.29) is 64.6 Å². The van der Waals surface area contributed by atoms with E-state index in [0.29, 0.717) is 35.5 Å². The predicted octanol–water partition coefficient (Wildman–Crippen LogP) is 5.60. The summed E-state index contributed by atoms with van der Waals surface area (Å²) in [5.74, 6) is -4.37. The molecule has 0 radical (unpaired) electrons. The molecule has 0 saturated carbocycles. The average Bonchev–Trinajstić information content (AvgIpc) is 3.08. The maximum atomic E-state index is 11.1. The van der Waals surface area contributed by atoms with Crippen LogP contribution in [-0.2, 0) is 20.0 Å². The van der Waals surface area contributed by atoms with Crippen molar-refractivity contribution in [1.82, 2.24) is 0 Å². The summed E-state index contributed by atoms with van der Waals surface area (Å²) in [5.41, 5.74) is 1.19. The Labute approximate surface area is 322 Å². The van der Waals surface area contributed by atoms with Crippen LogP contribution >= 0.6 is 27.5 Å². The number of benzene rings is 4. The van der Waals surface area contributed by atoms with Gasteiger partial charge in [-0.1, -0.05) is 26.5 Å². The first-order valence-electron chi connectivity index (χ1n) is 13.4. The van der Waals surface area contributed by atoms with Gasteiger partial charge in [-0.25, -0.2) is 8.42 Å². The first-order valence-corrected chi connectivity index (χ1v) is 17.9. The van der Waals surface area contributed by atoms with Gasteiger partial charge in [0.15, 0.2) is 68.4 Å². The van der Waals surface area contributed by atoms with Crippen LogP contribution in [0.2, 0.25) is 5.02 Å². The number of rotatable bonds is 6. The summed E-state index contributed by atoms with van der Waals surface area (Å²) >= 11 is 8.51. The minimum atomic E-state index is -4.66. The van der Waals surface area contributed by atoms with Crippen LogP contribution in [0.3, 0.4) is 0 Å². The molecule has 0 aromatic heterocycles. The van der Waals surface area contributed by atoms with Crippen molar-refractivity contribution in [2.75, 3.05) is 6.26 Å². The fraction of sp³-hybridized carbons (Fsp3) is 0.152. The van der Waals surface area contributed by atoms with Gasteiger partial charge in [0.2, 0.25) is 0 Å². The molecule has 0 aliphatic rings. The van der Waals surface area contributed by atoms with Crippen LogP contribution in [-0.4, -0.2) is 93.6 Å². The number of hydrogen-bond donors (Lipinski definition) is 9. The van der Waals surface area contributed by atoms with E-state index in [9.17, 15) is 51.3 Å². The second kappa shape index (κ2) is 20.7. The second-order valence-electron chi connectivity index (χ2n) is 10.1. The second-order valence-corrected chi connectivity index (χ2v) is 14.6. The van der Waals surface area contributed by atoms with Crippen molar-refractivity contribution < 1.29 is 81.4 Å². The van der Waals surface area contributed by atoms with E-state index in [0.717, 1.165) is 30.5 Å². The number of aryl methyl sites for hydroxylation is 2. The fourth-order valence-electron chi connectivity index (χ4n) is 3.60. The molecule has 0 bridgehead atoms. The van der Waals surface area contributed by atoms with Gasteiger partial charge in [-0.15, -0.1) is 0 Å². The molecule has 0 spiro atoms. The lowest BCUT2D eigenvalue weighted by Gasteiger charge is -2.05. The van der Waals surface area contributed by atoms with Crippen LogP contribution < -0.4 is 0 Å². The Kier molecular flexibility index (Phi) is 19.5. The third-order valence-corrected chi connectivity index (χ3v) is 9.43. The quantitative estimate of drug-likeness (QED) is 0.0647. The molecule has 296 valence electrons. The standard InChI is InChI=1S/C8H7BrO3.C8H7ClO3.C8H8O5S.C7H6O6S.2CH4/c2*1-4-2-5(3-10)6(9)8(12)7(4)11;1-14(12,13)7-3-5(4-9)2-6(10)8(7)11;8-3-4-1-5(9)7(10)6(2-4)14(11,12)13;;/h2*2-3,11-12H,1H3;2-4,10-11H,1H3;1-3,9-10H,(H,11,12,13);2*1H4. The molecule has 0 amide bonds. The Balaban J connectivity index is 0. The van der Waals surface area contributed by atoms with E-state index >= 15 is 0 Å². The van der Waals surface area contributed by atoms with Gasteiger partial charge < -0.3 is 40.9 Å². The van der Waals surface area contributed by atoms with Gasteiger partial charge in [0.05, 0.1) is 9.50 Å². The number of aromatic hydroxyl groups is 8. The minimum absolute atomic E-state index is 0. The summed E-state index contributed by atoms with van der Waals surface area (Å²) in [7, 11) is -8.31. The van der Waals surface area contributed by atoms with Crippen molar-refractivity contribution in [3.05, 3.63) is 79.3 Å². The van der Waals surface area contributed by atoms with Crippen LogP contribution in [0.1, 0.15) is 67.4 Å². The maximum absolute atomic E-state index is 11.1. The SMILES string of the molecule is C.C.CS(=O)(=O)c1cc(C=O)cc(O)c1O.Cc1cc(C=O)c(Br)c(O)c1O.Cc1cc(C=O)c(Cl)c(O)c1O.O=Cc1cc(O)c(O)c(S(=O)(=O)O)c1. The number of aldehydes is 4. The van der Waals surface area contributed by atoms with Crippen LogP contribution in [0.15, 0.2) is 50.7 Å². The molecule has 0 aliphatic heterocycles. The first kappa shape index (κ1) is 50.7. The van der Waals surface area contributed by atoms with Gasteiger partial charge in [-0.3, -0.25) is 23.7 Å². The van der Waals surface area contributed by atoms with Crippen molar-refractivity contribution >= 4 is 72.6 Å². The van der Waals surface area contributed by atoms with E-state index in [2.05, 4.69) is 15.9 Å². The van der Waals surface area contributed by atoms with Crippen molar-refractivity contribution in [2.24, 2.45) is 0 Å². The highest BCUT2D eigenvalue weighted by molar-refractivity contribution is 9.10.